The molecule has 29 heavy (non-hydrogen) atoms. The molecule has 0 aliphatic heterocycles. The van der Waals surface area contributed by atoms with Crippen LogP contribution in [0.15, 0.2) is 54.7 Å². The van der Waals surface area contributed by atoms with Crippen LogP contribution >= 0.6 is 0 Å². The van der Waals surface area contributed by atoms with E-state index in [1.54, 1.807) is 18.3 Å². The number of rotatable bonds is 4. The highest BCUT2D eigenvalue weighted by molar-refractivity contribution is 5.92. The van der Waals surface area contributed by atoms with Crippen molar-refractivity contribution in [1.82, 2.24) is 4.98 Å². The van der Waals surface area contributed by atoms with Crippen LogP contribution in [0, 0.1) is 23.5 Å². The summed E-state index contributed by atoms with van der Waals surface area (Å²) in [6.07, 6.45) is 5.67. The molecule has 5 heteroatoms. The molecule has 0 spiro atoms. The lowest BCUT2D eigenvalue weighted by Gasteiger charge is -2.32. The Morgan fingerprint density at radius 2 is 1.69 bits per heavy atom. The Morgan fingerprint density at radius 1 is 1.00 bits per heavy atom. The summed E-state index contributed by atoms with van der Waals surface area (Å²) in [7, 11) is 0. The number of anilines is 1. The lowest BCUT2D eigenvalue weighted by Crippen LogP contribution is -2.29. The average molecular weight is 394 g/mol. The van der Waals surface area contributed by atoms with Gasteiger partial charge >= 0.3 is 0 Å². The van der Waals surface area contributed by atoms with Gasteiger partial charge in [-0.2, -0.15) is 0 Å². The first kappa shape index (κ1) is 19.5. The zero-order valence-corrected chi connectivity index (χ0v) is 16.4. The minimum atomic E-state index is -0.319. The Kier molecular flexibility index (Phi) is 5.56. The first-order valence-corrected chi connectivity index (χ1v) is 10.1. The monoisotopic (exact) mass is 394 g/mol. The van der Waals surface area contributed by atoms with E-state index in [4.69, 9.17) is 0 Å². The zero-order chi connectivity index (χ0) is 20.4. The fourth-order valence-electron chi connectivity index (χ4n) is 4.43. The number of pyridine rings is 1. The number of hydrogen-bond acceptors (Lipinski definition) is 2. The third-order valence-corrected chi connectivity index (χ3v) is 6.18. The predicted octanol–water partition coefficient (Wildman–Crippen LogP) is 6.06. The van der Waals surface area contributed by atoms with Gasteiger partial charge in [-0.25, -0.2) is 8.78 Å². The number of amides is 1. The van der Waals surface area contributed by atoms with Crippen molar-refractivity contribution in [3.63, 3.8) is 0 Å². The molecule has 150 valence electrons. The molecule has 1 unspecified atom stereocenters. The number of benzene rings is 2. The Balaban J connectivity index is 1.40. The second-order valence-corrected chi connectivity index (χ2v) is 7.96. The molecule has 1 fully saturated rings. The topological polar surface area (TPSA) is 42.0 Å². The van der Waals surface area contributed by atoms with Crippen LogP contribution in [0.25, 0.3) is 10.9 Å². The minimum absolute atomic E-state index is 0.0232. The van der Waals surface area contributed by atoms with E-state index in [0.717, 1.165) is 31.1 Å². The summed E-state index contributed by atoms with van der Waals surface area (Å²) in [6.45, 7) is 1.97. The predicted molar refractivity (Wildman–Crippen MR) is 111 cm³/mol. The van der Waals surface area contributed by atoms with E-state index in [2.05, 4.69) is 10.3 Å². The molecule has 1 aliphatic rings. The molecule has 1 heterocycles. The second kappa shape index (κ2) is 8.27. The average Bonchev–Trinajstić information content (AvgIpc) is 2.74. The molecule has 0 saturated heterocycles. The number of nitrogens with one attached hydrogen (secondary N) is 1. The maximum absolute atomic E-state index is 13.5. The highest BCUT2D eigenvalue weighted by atomic mass is 19.1. The molecule has 3 aromatic rings. The summed E-state index contributed by atoms with van der Waals surface area (Å²) in [4.78, 5) is 16.9. The van der Waals surface area contributed by atoms with Crippen LogP contribution in [0.5, 0.6) is 0 Å². The molecule has 1 atom stereocenters. The van der Waals surface area contributed by atoms with E-state index in [1.165, 1.54) is 29.8 Å². The third-order valence-electron chi connectivity index (χ3n) is 6.18. The number of aromatic nitrogens is 1. The van der Waals surface area contributed by atoms with Crippen molar-refractivity contribution < 1.29 is 13.6 Å². The van der Waals surface area contributed by atoms with Crippen LogP contribution < -0.4 is 5.32 Å². The summed E-state index contributed by atoms with van der Waals surface area (Å²) in [6, 6.07) is 12.7. The zero-order valence-electron chi connectivity index (χ0n) is 16.4. The molecule has 4 rings (SSSR count). The highest BCUT2D eigenvalue weighted by Crippen LogP contribution is 2.40. The highest BCUT2D eigenvalue weighted by Gasteiger charge is 2.30. The maximum atomic E-state index is 13.5. The Bertz CT molecular complexity index is 1010. The Morgan fingerprint density at radius 3 is 2.41 bits per heavy atom. The minimum Gasteiger partial charge on any atom is -0.326 e. The Labute approximate surface area is 169 Å². The smallest absolute Gasteiger partial charge is 0.227 e. The van der Waals surface area contributed by atoms with E-state index in [9.17, 15) is 13.6 Å². The molecule has 1 saturated carbocycles. The van der Waals surface area contributed by atoms with Crippen molar-refractivity contribution in [1.29, 1.82) is 0 Å². The summed E-state index contributed by atoms with van der Waals surface area (Å²) >= 11 is 0. The summed E-state index contributed by atoms with van der Waals surface area (Å²) < 4.78 is 26.5. The van der Waals surface area contributed by atoms with Gasteiger partial charge in [0.2, 0.25) is 5.91 Å². The fourth-order valence-corrected chi connectivity index (χ4v) is 4.43. The number of nitrogens with zero attached hydrogens (tertiary/aromatic N) is 1. The molecule has 2 aromatic carbocycles. The van der Waals surface area contributed by atoms with Crippen molar-refractivity contribution >= 4 is 22.5 Å². The van der Waals surface area contributed by atoms with Crippen LogP contribution in [0.4, 0.5) is 14.5 Å². The van der Waals surface area contributed by atoms with Crippen molar-refractivity contribution in [3.05, 3.63) is 71.9 Å². The first-order valence-electron chi connectivity index (χ1n) is 10.1. The first-order chi connectivity index (χ1) is 14.0. The van der Waals surface area contributed by atoms with Crippen LogP contribution in [-0.4, -0.2) is 10.9 Å². The normalized spacial score (nSPS) is 20.4. The van der Waals surface area contributed by atoms with Gasteiger partial charge in [-0.15, -0.1) is 0 Å². The molecule has 1 aromatic heterocycles. The quantitative estimate of drug-likeness (QED) is 0.584. The maximum Gasteiger partial charge on any atom is 0.227 e. The van der Waals surface area contributed by atoms with E-state index in [0.29, 0.717) is 23.0 Å². The van der Waals surface area contributed by atoms with Crippen LogP contribution in [0.3, 0.4) is 0 Å². The number of halogens is 2. The van der Waals surface area contributed by atoms with Gasteiger partial charge in [-0.05, 0) is 85.5 Å². The summed E-state index contributed by atoms with van der Waals surface area (Å²) in [5.74, 6) is -0.00594. The van der Waals surface area contributed by atoms with Gasteiger partial charge in [-0.3, -0.25) is 9.78 Å². The largest absolute Gasteiger partial charge is 0.326 e. The van der Waals surface area contributed by atoms with Crippen LogP contribution in [0.2, 0.25) is 0 Å². The van der Waals surface area contributed by atoms with Gasteiger partial charge in [0.05, 0.1) is 5.52 Å². The van der Waals surface area contributed by atoms with Gasteiger partial charge in [0.15, 0.2) is 0 Å². The van der Waals surface area contributed by atoms with Gasteiger partial charge in [-0.1, -0.05) is 6.92 Å². The second-order valence-electron chi connectivity index (χ2n) is 7.96. The van der Waals surface area contributed by atoms with Gasteiger partial charge in [0.25, 0.3) is 0 Å². The standard InChI is InChI=1S/C24H24F2N2O/c1-15(24(29)28-20-9-6-18(25)7-10-20)16-2-4-17(5-3-16)21-12-13-27-23-14-19(26)8-11-22(21)23/h6-17H,2-5H2,1H3,(H,28,29). The van der Waals surface area contributed by atoms with E-state index >= 15 is 0 Å². The van der Waals surface area contributed by atoms with Crippen LogP contribution in [0.1, 0.15) is 44.1 Å². The van der Waals surface area contributed by atoms with E-state index in [1.807, 2.05) is 19.1 Å². The number of fused-ring (bicyclic) bond motifs is 1. The van der Waals surface area contributed by atoms with Gasteiger partial charge < -0.3 is 5.32 Å². The number of carbonyl (C=O) groups excluding carboxylic acids is 1. The summed E-state index contributed by atoms with van der Waals surface area (Å²) in [5.41, 5.74) is 2.53. The van der Waals surface area contributed by atoms with Crippen LogP contribution in [-0.2, 0) is 4.79 Å². The van der Waals surface area contributed by atoms with E-state index < -0.39 is 0 Å². The number of carbonyl (C=O) groups is 1. The molecule has 3 nitrogen and oxygen atoms in total. The van der Waals surface area contributed by atoms with Gasteiger partial charge in [0.1, 0.15) is 11.6 Å². The fraction of sp³-hybridized carbons (Fsp3) is 0.333. The lowest BCUT2D eigenvalue weighted by atomic mass is 9.73. The molecular weight excluding hydrogens is 370 g/mol. The SMILES string of the molecule is CC(C(=O)Nc1ccc(F)cc1)C1CCC(c2ccnc3cc(F)ccc23)CC1. The molecule has 0 radical (unpaired) electrons. The van der Waals surface area contributed by atoms with E-state index in [-0.39, 0.29) is 23.5 Å². The van der Waals surface area contributed by atoms with Crippen molar-refractivity contribution in [3.8, 4) is 0 Å². The van der Waals surface area contributed by atoms with Crippen molar-refractivity contribution in [2.75, 3.05) is 5.32 Å². The van der Waals surface area contributed by atoms with Crippen molar-refractivity contribution in [2.24, 2.45) is 11.8 Å². The molecule has 1 N–H and O–H groups in total. The van der Waals surface area contributed by atoms with Gasteiger partial charge in [0, 0.05) is 29.3 Å². The Hall–Kier alpha value is -2.82. The summed E-state index contributed by atoms with van der Waals surface area (Å²) in [5, 5.41) is 3.90. The third kappa shape index (κ3) is 4.29. The molecule has 0 bridgehead atoms. The molecular formula is C24H24F2N2O. The molecule has 1 amide bonds. The lowest BCUT2D eigenvalue weighted by molar-refractivity contribution is -0.121. The number of hydrogen-bond donors (Lipinski definition) is 1. The van der Waals surface area contributed by atoms with Crippen molar-refractivity contribution in [2.45, 2.75) is 38.5 Å². The molecule has 1 aliphatic carbocycles.